The highest BCUT2D eigenvalue weighted by Gasteiger charge is 2.15. The first kappa shape index (κ1) is 20.2. The quantitative estimate of drug-likeness (QED) is 0.361. The molecular formula is C19H18ClIN4OS. The van der Waals surface area contributed by atoms with Gasteiger partial charge in [-0.1, -0.05) is 23.4 Å². The van der Waals surface area contributed by atoms with Crippen molar-refractivity contribution in [2.24, 2.45) is 0 Å². The minimum atomic E-state index is -0.0667. The third-order valence-corrected chi connectivity index (χ3v) is 5.82. The Kier molecular flexibility index (Phi) is 6.78. The number of anilines is 1. The summed E-state index contributed by atoms with van der Waals surface area (Å²) in [6.45, 7) is 4.73. The summed E-state index contributed by atoms with van der Waals surface area (Å²) in [5.41, 5.74) is 2.82. The number of hydrogen-bond acceptors (Lipinski definition) is 4. The lowest BCUT2D eigenvalue weighted by Crippen LogP contribution is -2.15. The topological polar surface area (TPSA) is 59.8 Å². The van der Waals surface area contributed by atoms with Crippen molar-refractivity contribution in [3.8, 4) is 11.4 Å². The zero-order valence-corrected chi connectivity index (χ0v) is 18.6. The standard InChI is InChI=1S/C19H18ClIN4OS/c1-3-25-18(13-4-6-14(20)7-5-13)23-24-19(25)27-11-17(26)22-16-9-8-15(21)10-12(16)2/h4-10H,3,11H2,1-2H3,(H,22,26). The molecule has 1 N–H and O–H groups in total. The molecule has 1 aromatic heterocycles. The molecule has 1 heterocycles. The van der Waals surface area contributed by atoms with Gasteiger partial charge >= 0.3 is 0 Å². The Labute approximate surface area is 181 Å². The molecule has 0 spiro atoms. The number of hydrogen-bond donors (Lipinski definition) is 1. The Bertz CT molecular complexity index is 959. The van der Waals surface area contributed by atoms with Crippen LogP contribution in [0.25, 0.3) is 11.4 Å². The van der Waals surface area contributed by atoms with E-state index in [9.17, 15) is 4.79 Å². The van der Waals surface area contributed by atoms with Crippen molar-refractivity contribution in [2.75, 3.05) is 11.1 Å². The predicted octanol–water partition coefficient (Wildman–Crippen LogP) is 5.26. The van der Waals surface area contributed by atoms with Crippen molar-refractivity contribution in [3.05, 3.63) is 56.6 Å². The SMILES string of the molecule is CCn1c(SCC(=O)Nc2ccc(I)cc2C)nnc1-c1ccc(Cl)cc1. The zero-order valence-electron chi connectivity index (χ0n) is 14.9. The molecule has 140 valence electrons. The van der Waals surface area contributed by atoms with Gasteiger partial charge in [0.1, 0.15) is 0 Å². The van der Waals surface area contributed by atoms with Gasteiger partial charge in [-0.15, -0.1) is 10.2 Å². The summed E-state index contributed by atoms with van der Waals surface area (Å²) in [6.07, 6.45) is 0. The summed E-state index contributed by atoms with van der Waals surface area (Å²) in [6, 6.07) is 13.4. The first-order valence-electron chi connectivity index (χ1n) is 8.36. The van der Waals surface area contributed by atoms with Crippen molar-refractivity contribution >= 4 is 57.5 Å². The van der Waals surface area contributed by atoms with E-state index < -0.39 is 0 Å². The van der Waals surface area contributed by atoms with Crippen LogP contribution in [0, 0.1) is 10.5 Å². The van der Waals surface area contributed by atoms with Gasteiger partial charge in [0.2, 0.25) is 5.91 Å². The average Bonchev–Trinajstić information content (AvgIpc) is 3.06. The lowest BCUT2D eigenvalue weighted by atomic mass is 10.2. The Hall–Kier alpha value is -1.58. The van der Waals surface area contributed by atoms with Crippen molar-refractivity contribution in [1.82, 2.24) is 14.8 Å². The summed E-state index contributed by atoms with van der Waals surface area (Å²) in [5, 5.41) is 12.9. The Morgan fingerprint density at radius 3 is 2.63 bits per heavy atom. The maximum Gasteiger partial charge on any atom is 0.234 e. The van der Waals surface area contributed by atoms with Crippen LogP contribution in [0.2, 0.25) is 5.02 Å². The number of halogens is 2. The number of carbonyl (C=O) groups excluding carboxylic acids is 1. The van der Waals surface area contributed by atoms with E-state index >= 15 is 0 Å². The van der Waals surface area contributed by atoms with E-state index in [1.807, 2.05) is 60.9 Å². The van der Waals surface area contributed by atoms with Crippen LogP contribution in [-0.4, -0.2) is 26.4 Å². The van der Waals surface area contributed by atoms with Crippen LogP contribution in [-0.2, 0) is 11.3 Å². The second-order valence-electron chi connectivity index (χ2n) is 5.85. The number of amides is 1. The lowest BCUT2D eigenvalue weighted by molar-refractivity contribution is -0.113. The first-order chi connectivity index (χ1) is 13.0. The smallest absolute Gasteiger partial charge is 0.234 e. The van der Waals surface area contributed by atoms with Crippen molar-refractivity contribution in [1.29, 1.82) is 0 Å². The molecule has 0 aliphatic heterocycles. The van der Waals surface area contributed by atoms with Gasteiger partial charge in [-0.3, -0.25) is 4.79 Å². The van der Waals surface area contributed by atoms with Gasteiger partial charge in [0.15, 0.2) is 11.0 Å². The van der Waals surface area contributed by atoms with Crippen LogP contribution >= 0.6 is 46.0 Å². The molecule has 0 radical (unpaired) electrons. The van der Waals surface area contributed by atoms with Gasteiger partial charge in [-0.25, -0.2) is 0 Å². The fraction of sp³-hybridized carbons (Fsp3) is 0.211. The molecule has 27 heavy (non-hydrogen) atoms. The predicted molar refractivity (Wildman–Crippen MR) is 119 cm³/mol. The second kappa shape index (κ2) is 9.07. The fourth-order valence-corrected chi connectivity index (χ4v) is 4.15. The van der Waals surface area contributed by atoms with E-state index in [-0.39, 0.29) is 11.7 Å². The number of nitrogens with one attached hydrogen (secondary N) is 1. The van der Waals surface area contributed by atoms with E-state index in [2.05, 4.69) is 38.1 Å². The summed E-state index contributed by atoms with van der Waals surface area (Å²) < 4.78 is 3.14. The largest absolute Gasteiger partial charge is 0.325 e. The monoisotopic (exact) mass is 512 g/mol. The molecule has 0 aliphatic rings. The maximum absolute atomic E-state index is 12.3. The molecule has 0 fully saturated rings. The highest BCUT2D eigenvalue weighted by Crippen LogP contribution is 2.25. The molecule has 2 aromatic carbocycles. The van der Waals surface area contributed by atoms with Crippen LogP contribution in [0.1, 0.15) is 12.5 Å². The van der Waals surface area contributed by atoms with E-state index in [1.54, 1.807) is 0 Å². The number of nitrogens with zero attached hydrogens (tertiary/aromatic N) is 3. The minimum absolute atomic E-state index is 0.0667. The van der Waals surface area contributed by atoms with Crippen LogP contribution in [0.3, 0.4) is 0 Å². The number of aryl methyl sites for hydroxylation is 1. The molecule has 8 heteroatoms. The van der Waals surface area contributed by atoms with E-state index in [1.165, 1.54) is 11.8 Å². The number of rotatable bonds is 6. The minimum Gasteiger partial charge on any atom is -0.325 e. The fourth-order valence-electron chi connectivity index (χ4n) is 2.58. The molecule has 0 saturated heterocycles. The first-order valence-corrected chi connectivity index (χ1v) is 10.8. The highest BCUT2D eigenvalue weighted by atomic mass is 127. The number of aromatic nitrogens is 3. The van der Waals surface area contributed by atoms with Gasteiger partial charge in [0, 0.05) is 26.4 Å². The van der Waals surface area contributed by atoms with E-state index in [0.29, 0.717) is 11.6 Å². The number of benzene rings is 2. The molecular weight excluding hydrogens is 495 g/mol. The summed E-state index contributed by atoms with van der Waals surface area (Å²) in [7, 11) is 0. The van der Waals surface area contributed by atoms with E-state index in [0.717, 1.165) is 31.4 Å². The molecule has 0 aliphatic carbocycles. The van der Waals surface area contributed by atoms with E-state index in [4.69, 9.17) is 11.6 Å². The zero-order chi connectivity index (χ0) is 19.4. The number of carbonyl (C=O) groups is 1. The van der Waals surface area contributed by atoms with Crippen LogP contribution in [0.15, 0.2) is 47.6 Å². The summed E-state index contributed by atoms with van der Waals surface area (Å²) in [4.78, 5) is 12.3. The number of thioether (sulfide) groups is 1. The molecule has 3 rings (SSSR count). The van der Waals surface area contributed by atoms with Crippen molar-refractivity contribution < 1.29 is 4.79 Å². The van der Waals surface area contributed by atoms with Crippen molar-refractivity contribution in [2.45, 2.75) is 25.5 Å². The third kappa shape index (κ3) is 5.03. The molecule has 5 nitrogen and oxygen atoms in total. The molecule has 1 amide bonds. The molecule has 0 bridgehead atoms. The van der Waals surface area contributed by atoms with Gasteiger partial charge in [-0.2, -0.15) is 0 Å². The molecule has 0 atom stereocenters. The average molecular weight is 513 g/mol. The Morgan fingerprint density at radius 1 is 1.22 bits per heavy atom. The highest BCUT2D eigenvalue weighted by molar-refractivity contribution is 14.1. The van der Waals surface area contributed by atoms with Gasteiger partial charge < -0.3 is 9.88 Å². The van der Waals surface area contributed by atoms with Gasteiger partial charge in [-0.05, 0) is 84.5 Å². The maximum atomic E-state index is 12.3. The summed E-state index contributed by atoms with van der Waals surface area (Å²) in [5.74, 6) is 0.970. The Morgan fingerprint density at radius 2 is 1.96 bits per heavy atom. The summed E-state index contributed by atoms with van der Waals surface area (Å²) >= 11 is 9.59. The van der Waals surface area contributed by atoms with Gasteiger partial charge in [0.05, 0.1) is 5.75 Å². The second-order valence-corrected chi connectivity index (χ2v) is 8.48. The van der Waals surface area contributed by atoms with Crippen LogP contribution < -0.4 is 5.32 Å². The Balaban J connectivity index is 1.69. The third-order valence-electron chi connectivity index (χ3n) is 3.93. The van der Waals surface area contributed by atoms with Crippen molar-refractivity contribution in [3.63, 3.8) is 0 Å². The van der Waals surface area contributed by atoms with Crippen LogP contribution in [0.4, 0.5) is 5.69 Å². The van der Waals surface area contributed by atoms with Crippen LogP contribution in [0.5, 0.6) is 0 Å². The lowest BCUT2D eigenvalue weighted by Gasteiger charge is -2.09. The molecule has 0 unspecified atom stereocenters. The molecule has 0 saturated carbocycles. The molecule has 3 aromatic rings. The normalized spacial score (nSPS) is 10.8. The van der Waals surface area contributed by atoms with Gasteiger partial charge in [0.25, 0.3) is 0 Å².